The van der Waals surface area contributed by atoms with Crippen molar-refractivity contribution in [3.63, 3.8) is 0 Å². The van der Waals surface area contributed by atoms with Gasteiger partial charge in [-0.25, -0.2) is 0 Å². The fourth-order valence-corrected chi connectivity index (χ4v) is 1.56. The molecule has 2 rings (SSSR count). The van der Waals surface area contributed by atoms with Gasteiger partial charge in [0.2, 0.25) is 0 Å². The van der Waals surface area contributed by atoms with E-state index in [4.69, 9.17) is 0 Å². The number of hydrogen-bond acceptors (Lipinski definition) is 2. The third-order valence-corrected chi connectivity index (χ3v) is 2.65. The van der Waals surface area contributed by atoms with Crippen molar-refractivity contribution in [2.24, 2.45) is 0 Å². The molecule has 1 saturated carbocycles. The van der Waals surface area contributed by atoms with Crippen LogP contribution in [0.25, 0.3) is 0 Å². The molecule has 4 heteroatoms. The lowest BCUT2D eigenvalue weighted by Crippen LogP contribution is -2.40. The molecule has 0 bridgehead atoms. The Hall–Kier alpha value is -1.84. The van der Waals surface area contributed by atoms with Crippen molar-refractivity contribution in [3.8, 4) is 0 Å². The van der Waals surface area contributed by atoms with E-state index in [9.17, 15) is 9.59 Å². The summed E-state index contributed by atoms with van der Waals surface area (Å²) < 4.78 is 0. The number of aryl methyl sites for hydroxylation is 1. The van der Waals surface area contributed by atoms with Gasteiger partial charge < -0.3 is 10.6 Å². The highest BCUT2D eigenvalue weighted by Gasteiger charge is 2.26. The molecular formula is C13H16N2O2. The molecule has 1 fully saturated rings. The maximum Gasteiger partial charge on any atom is 0.309 e. The van der Waals surface area contributed by atoms with E-state index in [-0.39, 0.29) is 6.04 Å². The van der Waals surface area contributed by atoms with E-state index in [1.807, 2.05) is 31.2 Å². The van der Waals surface area contributed by atoms with Crippen molar-refractivity contribution >= 4 is 11.8 Å². The Morgan fingerprint density at radius 2 is 2.06 bits per heavy atom. The van der Waals surface area contributed by atoms with E-state index in [0.717, 1.165) is 24.0 Å². The Balaban J connectivity index is 1.80. The summed E-state index contributed by atoms with van der Waals surface area (Å²) in [6.07, 6.45) is 1.97. The molecule has 1 aromatic carbocycles. The molecule has 0 saturated heterocycles. The Morgan fingerprint density at radius 1 is 1.29 bits per heavy atom. The van der Waals surface area contributed by atoms with Crippen molar-refractivity contribution < 1.29 is 9.59 Å². The maximum absolute atomic E-state index is 11.4. The number of carbonyl (C=O) groups is 2. The molecule has 0 unspecified atom stereocenters. The first-order valence-corrected chi connectivity index (χ1v) is 5.79. The topological polar surface area (TPSA) is 58.2 Å². The fraction of sp³-hybridized carbons (Fsp3) is 0.385. The highest BCUT2D eigenvalue weighted by atomic mass is 16.2. The highest BCUT2D eigenvalue weighted by Crippen LogP contribution is 2.18. The van der Waals surface area contributed by atoms with Crippen LogP contribution in [0.5, 0.6) is 0 Å². The summed E-state index contributed by atoms with van der Waals surface area (Å²) in [5.41, 5.74) is 2.14. The first kappa shape index (κ1) is 11.6. The monoisotopic (exact) mass is 232 g/mol. The molecule has 0 radical (unpaired) electrons. The highest BCUT2D eigenvalue weighted by molar-refractivity contribution is 6.35. The minimum absolute atomic E-state index is 0.215. The summed E-state index contributed by atoms with van der Waals surface area (Å²) in [7, 11) is 0. The smallest absolute Gasteiger partial charge is 0.309 e. The van der Waals surface area contributed by atoms with Crippen molar-refractivity contribution in [2.75, 3.05) is 0 Å². The van der Waals surface area contributed by atoms with Gasteiger partial charge >= 0.3 is 11.8 Å². The first-order chi connectivity index (χ1) is 8.15. The van der Waals surface area contributed by atoms with E-state index in [1.165, 1.54) is 0 Å². The SMILES string of the molecule is Cc1cccc(CNC(=O)C(=O)NC2CC2)c1. The number of nitrogens with one attached hydrogen (secondary N) is 2. The van der Waals surface area contributed by atoms with Gasteiger partial charge in [-0.05, 0) is 25.3 Å². The van der Waals surface area contributed by atoms with Crippen LogP contribution in [0.4, 0.5) is 0 Å². The van der Waals surface area contributed by atoms with Crippen LogP contribution in [0.15, 0.2) is 24.3 Å². The van der Waals surface area contributed by atoms with Crippen molar-refractivity contribution in [1.29, 1.82) is 0 Å². The molecule has 0 heterocycles. The summed E-state index contributed by atoms with van der Waals surface area (Å²) >= 11 is 0. The van der Waals surface area contributed by atoms with Crippen LogP contribution < -0.4 is 10.6 Å². The summed E-state index contributed by atoms with van der Waals surface area (Å²) in [6.45, 7) is 2.38. The van der Waals surface area contributed by atoms with E-state index in [0.29, 0.717) is 6.54 Å². The third-order valence-electron chi connectivity index (χ3n) is 2.65. The van der Waals surface area contributed by atoms with Gasteiger partial charge in [0, 0.05) is 12.6 Å². The second-order valence-electron chi connectivity index (χ2n) is 4.42. The van der Waals surface area contributed by atoms with Crippen LogP contribution in [0.1, 0.15) is 24.0 Å². The summed E-state index contributed by atoms with van der Waals surface area (Å²) in [4.78, 5) is 22.8. The van der Waals surface area contributed by atoms with Gasteiger partial charge in [0.05, 0.1) is 0 Å². The van der Waals surface area contributed by atoms with Crippen LogP contribution in [-0.4, -0.2) is 17.9 Å². The Bertz CT molecular complexity index is 439. The van der Waals surface area contributed by atoms with Crippen LogP contribution in [0.3, 0.4) is 0 Å². The molecular weight excluding hydrogens is 216 g/mol. The number of rotatable bonds is 3. The Kier molecular flexibility index (Phi) is 3.42. The molecule has 1 aliphatic rings. The average molecular weight is 232 g/mol. The Labute approximate surface area is 100 Å². The predicted octanol–water partition coefficient (Wildman–Crippen LogP) is 0.890. The molecule has 17 heavy (non-hydrogen) atoms. The van der Waals surface area contributed by atoms with Crippen LogP contribution in [-0.2, 0) is 16.1 Å². The second-order valence-corrected chi connectivity index (χ2v) is 4.42. The normalized spacial score (nSPS) is 14.2. The van der Waals surface area contributed by atoms with E-state index < -0.39 is 11.8 Å². The summed E-state index contributed by atoms with van der Waals surface area (Å²) in [5.74, 6) is -1.08. The molecule has 2 N–H and O–H groups in total. The minimum atomic E-state index is -0.557. The molecule has 1 aliphatic carbocycles. The zero-order valence-electron chi connectivity index (χ0n) is 9.82. The molecule has 1 aromatic rings. The number of hydrogen-bond donors (Lipinski definition) is 2. The number of carbonyl (C=O) groups excluding carboxylic acids is 2. The molecule has 2 amide bonds. The van der Waals surface area contributed by atoms with Gasteiger partial charge in [0.25, 0.3) is 0 Å². The predicted molar refractivity (Wildman–Crippen MR) is 64.2 cm³/mol. The van der Waals surface area contributed by atoms with E-state index >= 15 is 0 Å². The summed E-state index contributed by atoms with van der Waals surface area (Å²) in [5, 5.41) is 5.26. The zero-order valence-corrected chi connectivity index (χ0v) is 9.82. The van der Waals surface area contributed by atoms with Gasteiger partial charge in [-0.3, -0.25) is 9.59 Å². The average Bonchev–Trinajstić information content (AvgIpc) is 3.10. The van der Waals surface area contributed by atoms with Crippen LogP contribution >= 0.6 is 0 Å². The van der Waals surface area contributed by atoms with Gasteiger partial charge in [-0.2, -0.15) is 0 Å². The molecule has 90 valence electrons. The first-order valence-electron chi connectivity index (χ1n) is 5.79. The number of benzene rings is 1. The second kappa shape index (κ2) is 4.99. The number of amides is 2. The fourth-order valence-electron chi connectivity index (χ4n) is 1.56. The van der Waals surface area contributed by atoms with Gasteiger partial charge in [-0.15, -0.1) is 0 Å². The van der Waals surface area contributed by atoms with Crippen molar-refractivity contribution in [2.45, 2.75) is 32.4 Å². The molecule has 0 aromatic heterocycles. The minimum Gasteiger partial charge on any atom is -0.345 e. The van der Waals surface area contributed by atoms with Crippen molar-refractivity contribution in [1.82, 2.24) is 10.6 Å². The molecule has 0 spiro atoms. The van der Waals surface area contributed by atoms with Gasteiger partial charge in [0.1, 0.15) is 0 Å². The zero-order chi connectivity index (χ0) is 12.3. The van der Waals surface area contributed by atoms with Gasteiger partial charge in [-0.1, -0.05) is 29.8 Å². The van der Waals surface area contributed by atoms with E-state index in [2.05, 4.69) is 10.6 Å². The van der Waals surface area contributed by atoms with Crippen LogP contribution in [0.2, 0.25) is 0 Å². The summed E-state index contributed by atoms with van der Waals surface area (Å²) in [6, 6.07) is 8.05. The van der Waals surface area contributed by atoms with Gasteiger partial charge in [0.15, 0.2) is 0 Å². The maximum atomic E-state index is 11.4. The lowest BCUT2D eigenvalue weighted by Gasteiger charge is -2.06. The lowest BCUT2D eigenvalue weighted by atomic mass is 10.1. The standard InChI is InChI=1S/C13H16N2O2/c1-9-3-2-4-10(7-9)8-14-12(16)13(17)15-11-5-6-11/h2-4,7,11H,5-6,8H2,1H3,(H,14,16)(H,15,17). The van der Waals surface area contributed by atoms with Crippen LogP contribution in [0, 0.1) is 6.92 Å². The lowest BCUT2D eigenvalue weighted by molar-refractivity contribution is -0.139. The van der Waals surface area contributed by atoms with E-state index in [1.54, 1.807) is 0 Å². The third kappa shape index (κ3) is 3.59. The molecule has 4 nitrogen and oxygen atoms in total. The Morgan fingerprint density at radius 3 is 2.71 bits per heavy atom. The quantitative estimate of drug-likeness (QED) is 0.760. The largest absolute Gasteiger partial charge is 0.345 e. The molecule has 0 aliphatic heterocycles. The molecule has 0 atom stereocenters. The van der Waals surface area contributed by atoms with Crippen molar-refractivity contribution in [3.05, 3.63) is 35.4 Å².